The lowest BCUT2D eigenvalue weighted by Gasteiger charge is -2.29. The number of imide groups is 1. The highest BCUT2D eigenvalue weighted by molar-refractivity contribution is 5.96. The Labute approximate surface area is 339 Å². The third-order valence-corrected chi connectivity index (χ3v) is 8.91. The first kappa shape index (κ1) is 43.9. The zero-order chi connectivity index (χ0) is 42.3. The molecule has 3 aromatic heterocycles. The van der Waals surface area contributed by atoms with Crippen molar-refractivity contribution in [2.75, 3.05) is 39.6 Å². The molecule has 18 nitrogen and oxygen atoms in total. The van der Waals surface area contributed by atoms with Gasteiger partial charge in [-0.3, -0.25) is 24.3 Å². The quantitative estimate of drug-likeness (QED) is 0.0822. The molecule has 3 amide bonds. The summed E-state index contributed by atoms with van der Waals surface area (Å²) < 4.78 is 29.6. The number of ether oxygens (including phenoxy) is 4. The molecule has 314 valence electrons. The van der Waals surface area contributed by atoms with Crippen LogP contribution in [-0.2, 0) is 39.1 Å². The van der Waals surface area contributed by atoms with E-state index in [2.05, 4.69) is 26.1 Å². The Kier molecular flexibility index (Phi) is 16.0. The fraction of sp³-hybridized carbons (Fsp3) is 0.390. The molecule has 0 unspecified atom stereocenters. The molecule has 0 bridgehead atoms. The van der Waals surface area contributed by atoms with Crippen molar-refractivity contribution in [1.82, 2.24) is 30.0 Å². The maximum absolute atomic E-state index is 13.3. The van der Waals surface area contributed by atoms with Crippen molar-refractivity contribution in [3.63, 3.8) is 0 Å². The predicted molar refractivity (Wildman–Crippen MR) is 210 cm³/mol. The minimum absolute atomic E-state index is 0.0812. The Morgan fingerprint density at radius 1 is 0.949 bits per heavy atom. The van der Waals surface area contributed by atoms with Crippen LogP contribution >= 0.6 is 0 Å². The van der Waals surface area contributed by atoms with E-state index in [1.54, 1.807) is 49.6 Å². The third-order valence-electron chi connectivity index (χ3n) is 8.91. The zero-order valence-corrected chi connectivity index (χ0v) is 33.2. The molecule has 59 heavy (non-hydrogen) atoms. The number of nitrogens with zero attached hydrogens (tertiary/aromatic N) is 5. The highest BCUT2D eigenvalue weighted by atomic mass is 16.5. The molecule has 3 atom stereocenters. The van der Waals surface area contributed by atoms with Crippen molar-refractivity contribution < 1.29 is 53.7 Å². The SMILES string of the molecule is CC(C)C[C@H](NC(=O)[C@@H](O)[C@H]([NH3+])Cc1ccccc1)C(=O)N(CCOCCOCCOc1ccc(COc2ccc3oc(-c4ccc(=O)n(C)n4)nc3c2)nc1)C(=O)[O-]. The number of oxazole rings is 1. The fourth-order valence-electron chi connectivity index (χ4n) is 5.83. The van der Waals surface area contributed by atoms with Crippen LogP contribution in [0.1, 0.15) is 31.5 Å². The van der Waals surface area contributed by atoms with Crippen molar-refractivity contribution >= 4 is 29.0 Å². The summed E-state index contributed by atoms with van der Waals surface area (Å²) in [6.45, 7) is 4.16. The van der Waals surface area contributed by atoms with E-state index in [-0.39, 0.29) is 70.0 Å². The van der Waals surface area contributed by atoms with Crippen LogP contribution in [0, 0.1) is 5.92 Å². The second-order valence-electron chi connectivity index (χ2n) is 14.0. The van der Waals surface area contributed by atoms with Gasteiger partial charge in [-0.05, 0) is 48.2 Å². The van der Waals surface area contributed by atoms with Crippen LogP contribution in [0.15, 0.2) is 88.2 Å². The molecule has 5 aromatic rings. The second-order valence-corrected chi connectivity index (χ2v) is 14.0. The largest absolute Gasteiger partial charge is 0.530 e. The minimum atomic E-state index is -1.73. The van der Waals surface area contributed by atoms with Crippen LogP contribution < -0.4 is 31.2 Å². The van der Waals surface area contributed by atoms with Crippen LogP contribution in [0.5, 0.6) is 11.5 Å². The van der Waals surface area contributed by atoms with E-state index >= 15 is 0 Å². The fourth-order valence-corrected chi connectivity index (χ4v) is 5.83. The number of rotatable bonds is 22. The number of fused-ring (bicyclic) bond motifs is 1. The number of hydrogen-bond donors (Lipinski definition) is 3. The molecule has 3 heterocycles. The van der Waals surface area contributed by atoms with Crippen LogP contribution in [-0.4, -0.2) is 105 Å². The first-order valence-corrected chi connectivity index (χ1v) is 19.1. The summed E-state index contributed by atoms with van der Waals surface area (Å²) in [6, 6.07) is 19.0. The molecular weight excluding hydrogens is 766 g/mol. The van der Waals surface area contributed by atoms with E-state index in [9.17, 15) is 29.4 Å². The van der Waals surface area contributed by atoms with E-state index in [1.807, 2.05) is 44.2 Å². The summed E-state index contributed by atoms with van der Waals surface area (Å²) in [5.74, 6) is -0.398. The van der Waals surface area contributed by atoms with Crippen LogP contribution in [0.2, 0.25) is 0 Å². The number of quaternary nitrogens is 1. The number of benzene rings is 2. The molecule has 2 aromatic carbocycles. The van der Waals surface area contributed by atoms with E-state index in [0.717, 1.165) is 5.56 Å². The summed E-state index contributed by atoms with van der Waals surface area (Å²) in [4.78, 5) is 59.1. The Bertz CT molecular complexity index is 2200. The Hall–Kier alpha value is -6.21. The minimum Gasteiger partial charge on any atom is -0.530 e. The van der Waals surface area contributed by atoms with Gasteiger partial charge in [0.25, 0.3) is 17.4 Å². The van der Waals surface area contributed by atoms with Gasteiger partial charge in [-0.25, -0.2) is 9.67 Å². The highest BCUT2D eigenvalue weighted by Gasteiger charge is 2.32. The summed E-state index contributed by atoms with van der Waals surface area (Å²) >= 11 is 0. The zero-order valence-electron chi connectivity index (χ0n) is 33.2. The van der Waals surface area contributed by atoms with Crippen LogP contribution in [0.25, 0.3) is 22.7 Å². The molecule has 18 heteroatoms. The topological polar surface area (TPSA) is 248 Å². The van der Waals surface area contributed by atoms with Gasteiger partial charge in [-0.15, -0.1) is 0 Å². The van der Waals surface area contributed by atoms with Crippen molar-refractivity contribution in [3.05, 3.63) is 101 Å². The Morgan fingerprint density at radius 2 is 1.68 bits per heavy atom. The number of aliphatic hydroxyl groups is 1. The number of amides is 3. The van der Waals surface area contributed by atoms with Gasteiger partial charge in [0, 0.05) is 25.6 Å². The number of pyridine rings is 1. The molecule has 0 saturated heterocycles. The number of carbonyl (C=O) groups is 3. The van der Waals surface area contributed by atoms with Crippen molar-refractivity contribution in [3.8, 4) is 23.1 Å². The molecule has 0 aliphatic carbocycles. The number of carbonyl (C=O) groups excluding carboxylic acids is 3. The van der Waals surface area contributed by atoms with Crippen LogP contribution in [0.3, 0.4) is 0 Å². The first-order valence-electron chi connectivity index (χ1n) is 19.1. The summed E-state index contributed by atoms with van der Waals surface area (Å²) in [5.41, 5.74) is 6.76. The van der Waals surface area contributed by atoms with Gasteiger partial charge >= 0.3 is 0 Å². The average molecular weight is 816 g/mol. The van der Waals surface area contributed by atoms with Crippen molar-refractivity contribution in [1.29, 1.82) is 0 Å². The number of aliphatic hydroxyl groups excluding tert-OH is 1. The highest BCUT2D eigenvalue weighted by Crippen LogP contribution is 2.26. The van der Waals surface area contributed by atoms with Crippen molar-refractivity contribution in [2.24, 2.45) is 13.0 Å². The molecule has 0 fully saturated rings. The summed E-state index contributed by atoms with van der Waals surface area (Å²) in [6.07, 6.45) is -1.21. The lowest BCUT2D eigenvalue weighted by atomic mass is 9.99. The third kappa shape index (κ3) is 13.2. The van der Waals surface area contributed by atoms with Gasteiger partial charge < -0.3 is 49.4 Å². The smallest absolute Gasteiger partial charge is 0.266 e. The molecular formula is C41H49N7O11. The van der Waals surface area contributed by atoms with Gasteiger partial charge in [0.05, 0.1) is 44.9 Å². The molecule has 5 N–H and O–H groups in total. The van der Waals surface area contributed by atoms with Crippen molar-refractivity contribution in [2.45, 2.75) is 51.5 Å². The standard InChI is InChI=1S/C41H49N7O11/c1-26(2)21-34(44-38(51)37(50)31(42)22-27-7-5-4-6-8-27)40(52)48(41(53)54)15-16-55-17-18-56-19-20-57-30-10-9-28(43-24-30)25-58-29-11-13-35-33(23-29)45-39(59-35)32-12-14-36(49)47(3)46-32/h4-14,23-24,26,31,34,37,50H,15-22,25,42H2,1-3H3,(H,44,51)(H,53,54)/t31-,34+,37+/m1/s1. The Balaban J connectivity index is 0.971. The van der Waals surface area contributed by atoms with Crippen LogP contribution in [0.4, 0.5) is 4.79 Å². The molecule has 0 saturated carbocycles. The van der Waals surface area contributed by atoms with E-state index in [0.29, 0.717) is 45.3 Å². The molecule has 0 aliphatic rings. The summed E-state index contributed by atoms with van der Waals surface area (Å²) in [5, 5.41) is 29.2. The second kappa shape index (κ2) is 21.5. The maximum atomic E-state index is 13.3. The number of hydrogen-bond acceptors (Lipinski definition) is 14. The van der Waals surface area contributed by atoms with E-state index < -0.39 is 36.1 Å². The van der Waals surface area contributed by atoms with E-state index in [4.69, 9.17) is 23.4 Å². The lowest BCUT2D eigenvalue weighted by molar-refractivity contribution is -0.432. The van der Waals surface area contributed by atoms with Gasteiger partial charge in [0.1, 0.15) is 54.1 Å². The monoisotopic (exact) mass is 815 g/mol. The predicted octanol–water partition coefficient (Wildman–Crippen LogP) is 0.891. The van der Waals surface area contributed by atoms with Gasteiger partial charge in [-0.1, -0.05) is 44.2 Å². The molecule has 0 aliphatic heterocycles. The maximum Gasteiger partial charge on any atom is 0.266 e. The number of carboxylic acid groups (broad SMARTS) is 1. The number of nitrogens with one attached hydrogen (secondary N) is 1. The van der Waals surface area contributed by atoms with Gasteiger partial charge in [-0.2, -0.15) is 5.10 Å². The van der Waals surface area contributed by atoms with E-state index in [1.165, 1.54) is 10.7 Å². The number of aryl methyl sites for hydroxylation is 1. The molecule has 5 rings (SSSR count). The normalized spacial score (nSPS) is 12.8. The molecule has 0 spiro atoms. The van der Waals surface area contributed by atoms with Gasteiger partial charge in [0.2, 0.25) is 5.89 Å². The van der Waals surface area contributed by atoms with Gasteiger partial charge in [0.15, 0.2) is 11.7 Å². The average Bonchev–Trinajstić information content (AvgIpc) is 3.65. The lowest BCUT2D eigenvalue weighted by Crippen LogP contribution is -2.70. The first-order chi connectivity index (χ1) is 28.4. The summed E-state index contributed by atoms with van der Waals surface area (Å²) in [7, 11) is 1.55. The molecule has 0 radical (unpaired) electrons. The number of aromatic nitrogens is 4. The Morgan fingerprint density at radius 3 is 2.37 bits per heavy atom.